The molecule has 1 aliphatic rings. The number of hydrogen-bond donors (Lipinski definition) is 4. The molecule has 0 bridgehead atoms. The van der Waals surface area contributed by atoms with Crippen molar-refractivity contribution in [3.8, 4) is 0 Å². The Morgan fingerprint density at radius 3 is 2.62 bits per heavy atom. The smallest absolute Gasteiger partial charge is 0.383 e. The Bertz CT molecular complexity index is 1330. The summed E-state index contributed by atoms with van der Waals surface area (Å²) in [7, 11) is 3.32. The van der Waals surface area contributed by atoms with Crippen LogP contribution in [0.4, 0.5) is 30.2 Å². The molecule has 0 unspecified atom stereocenters. The SMILES string of the molecule is COCCNc1ccc(NC(=O)c2ccc(C)c(N3C=C(c4cnn(C)c4C)NN3)c2)cc1C(F)(F)F. The van der Waals surface area contributed by atoms with Crippen molar-refractivity contribution in [3.05, 3.63) is 76.7 Å². The number of benzene rings is 2. The van der Waals surface area contributed by atoms with Gasteiger partial charge in [-0.3, -0.25) is 14.5 Å². The first-order chi connectivity index (χ1) is 17.6. The molecule has 37 heavy (non-hydrogen) atoms. The van der Waals surface area contributed by atoms with Crippen molar-refractivity contribution in [3.63, 3.8) is 0 Å². The molecular weight excluding hydrogens is 487 g/mol. The van der Waals surface area contributed by atoms with Gasteiger partial charge in [-0.05, 0) is 49.7 Å². The summed E-state index contributed by atoms with van der Waals surface area (Å²) in [5.74, 6) is -0.533. The van der Waals surface area contributed by atoms with Crippen LogP contribution in [-0.2, 0) is 18.0 Å². The van der Waals surface area contributed by atoms with Gasteiger partial charge in [0.05, 0.1) is 29.8 Å². The van der Waals surface area contributed by atoms with E-state index >= 15 is 0 Å². The van der Waals surface area contributed by atoms with Gasteiger partial charge in [-0.25, -0.2) is 0 Å². The number of hydrogen-bond acceptors (Lipinski definition) is 7. The molecule has 4 N–H and O–H groups in total. The lowest BCUT2D eigenvalue weighted by atomic mass is 10.1. The molecule has 3 aromatic rings. The Morgan fingerprint density at radius 2 is 1.95 bits per heavy atom. The second-order valence-corrected chi connectivity index (χ2v) is 8.55. The lowest BCUT2D eigenvalue weighted by molar-refractivity contribution is -0.136. The van der Waals surface area contributed by atoms with Crippen molar-refractivity contribution < 1.29 is 22.7 Å². The van der Waals surface area contributed by atoms with Crippen LogP contribution in [-0.4, -0.2) is 35.9 Å². The fraction of sp³-hybridized carbons (Fsp3) is 0.280. The van der Waals surface area contributed by atoms with E-state index in [9.17, 15) is 18.0 Å². The summed E-state index contributed by atoms with van der Waals surface area (Å²) in [5, 5.41) is 11.3. The van der Waals surface area contributed by atoms with Gasteiger partial charge in [-0.15, -0.1) is 5.53 Å². The summed E-state index contributed by atoms with van der Waals surface area (Å²) >= 11 is 0. The van der Waals surface area contributed by atoms with Crippen LogP contribution in [0.25, 0.3) is 5.70 Å². The number of amides is 1. The van der Waals surface area contributed by atoms with E-state index in [1.54, 1.807) is 34.1 Å². The lowest BCUT2D eigenvalue weighted by Crippen LogP contribution is -2.36. The van der Waals surface area contributed by atoms with Gasteiger partial charge in [-0.1, -0.05) is 6.07 Å². The Balaban J connectivity index is 1.55. The van der Waals surface area contributed by atoms with Gasteiger partial charge in [0.25, 0.3) is 5.91 Å². The second kappa shape index (κ2) is 10.5. The first kappa shape index (κ1) is 26.0. The molecular formula is C25H28F3N7O2. The highest BCUT2D eigenvalue weighted by Crippen LogP contribution is 2.37. The molecule has 1 amide bonds. The molecule has 0 atom stereocenters. The molecule has 0 saturated heterocycles. The number of aryl methyl sites for hydroxylation is 2. The third kappa shape index (κ3) is 5.70. The fourth-order valence-corrected chi connectivity index (χ4v) is 3.86. The maximum Gasteiger partial charge on any atom is 0.418 e. The fourth-order valence-electron chi connectivity index (χ4n) is 3.86. The number of methoxy groups -OCH3 is 1. The van der Waals surface area contributed by atoms with Gasteiger partial charge in [0.15, 0.2) is 0 Å². The minimum atomic E-state index is -4.60. The lowest BCUT2D eigenvalue weighted by Gasteiger charge is -2.19. The highest BCUT2D eigenvalue weighted by Gasteiger charge is 2.34. The van der Waals surface area contributed by atoms with Gasteiger partial charge in [0.2, 0.25) is 0 Å². The molecule has 0 fully saturated rings. The van der Waals surface area contributed by atoms with Crippen LogP contribution in [0.3, 0.4) is 0 Å². The molecule has 196 valence electrons. The molecule has 0 aliphatic carbocycles. The van der Waals surface area contributed by atoms with E-state index in [0.717, 1.165) is 28.6 Å². The van der Waals surface area contributed by atoms with Crippen molar-refractivity contribution in [1.82, 2.24) is 20.7 Å². The molecule has 4 rings (SSSR count). The predicted molar refractivity (Wildman–Crippen MR) is 136 cm³/mol. The summed E-state index contributed by atoms with van der Waals surface area (Å²) in [6.45, 7) is 4.32. The molecule has 9 nitrogen and oxygen atoms in total. The number of carbonyl (C=O) groups is 1. The van der Waals surface area contributed by atoms with Crippen LogP contribution in [0.15, 0.2) is 48.8 Å². The molecule has 2 aromatic carbocycles. The number of carbonyl (C=O) groups excluding carboxylic acids is 1. The molecule has 0 spiro atoms. The van der Waals surface area contributed by atoms with E-state index in [4.69, 9.17) is 4.74 Å². The summed E-state index contributed by atoms with van der Waals surface area (Å²) < 4.78 is 47.6. The van der Waals surface area contributed by atoms with Gasteiger partial charge < -0.3 is 20.8 Å². The average molecular weight is 516 g/mol. The molecule has 0 saturated carbocycles. The standard InChI is InChI=1S/C25H28F3N7O2/c1-15-5-6-17(11-23(15)35-14-22(32-33-35)19-13-30-34(3)16(19)2)24(36)31-18-7-8-21(29-9-10-37-4)20(12-18)25(26,27)28/h5-8,11-14,29,32-33H,9-10H2,1-4H3,(H,31,36). The Labute approximate surface area is 212 Å². The van der Waals surface area contributed by atoms with Gasteiger partial charge in [-0.2, -0.15) is 18.3 Å². The molecule has 2 heterocycles. The number of nitrogens with one attached hydrogen (secondary N) is 4. The molecule has 0 radical (unpaired) electrons. The van der Waals surface area contributed by atoms with Crippen LogP contribution in [0.1, 0.15) is 32.7 Å². The number of alkyl halides is 3. The summed E-state index contributed by atoms with van der Waals surface area (Å²) in [4.78, 5) is 13.0. The topological polar surface area (TPSA) is 95.5 Å². The molecule has 1 aromatic heterocycles. The summed E-state index contributed by atoms with van der Waals surface area (Å²) in [6, 6.07) is 8.70. The maximum absolute atomic E-state index is 13.6. The van der Waals surface area contributed by atoms with Crippen molar-refractivity contribution >= 4 is 28.7 Å². The van der Waals surface area contributed by atoms with Crippen LogP contribution < -0.4 is 26.6 Å². The zero-order valence-electron chi connectivity index (χ0n) is 20.8. The molecule has 12 heteroatoms. The first-order valence-corrected chi connectivity index (χ1v) is 11.5. The van der Waals surface area contributed by atoms with Crippen LogP contribution in [0, 0.1) is 13.8 Å². The third-order valence-electron chi connectivity index (χ3n) is 6.03. The average Bonchev–Trinajstić information content (AvgIpc) is 3.46. The van der Waals surface area contributed by atoms with Gasteiger partial charge in [0, 0.05) is 55.1 Å². The Morgan fingerprint density at radius 1 is 1.16 bits per heavy atom. The normalized spacial score (nSPS) is 13.4. The zero-order chi connectivity index (χ0) is 26.7. The Hall–Kier alpha value is -4.03. The van der Waals surface area contributed by atoms with Crippen molar-refractivity contribution in [2.24, 2.45) is 7.05 Å². The number of ether oxygens (including phenoxy) is 1. The number of aromatic nitrogens is 2. The van der Waals surface area contributed by atoms with E-state index in [2.05, 4.69) is 26.7 Å². The summed E-state index contributed by atoms with van der Waals surface area (Å²) in [5.41, 5.74) is 9.80. The van der Waals surface area contributed by atoms with Crippen molar-refractivity contribution in [1.29, 1.82) is 0 Å². The van der Waals surface area contributed by atoms with Crippen LogP contribution >= 0.6 is 0 Å². The summed E-state index contributed by atoms with van der Waals surface area (Å²) in [6.07, 6.45) is -0.999. The number of anilines is 3. The van der Waals surface area contributed by atoms with Gasteiger partial charge >= 0.3 is 6.18 Å². The number of rotatable bonds is 8. The van der Waals surface area contributed by atoms with Crippen LogP contribution in [0.5, 0.6) is 0 Å². The first-order valence-electron chi connectivity index (χ1n) is 11.5. The highest BCUT2D eigenvalue weighted by atomic mass is 19.4. The third-order valence-corrected chi connectivity index (χ3v) is 6.03. The van der Waals surface area contributed by atoms with E-state index < -0.39 is 17.6 Å². The van der Waals surface area contributed by atoms with Crippen molar-refractivity contribution in [2.45, 2.75) is 20.0 Å². The monoisotopic (exact) mass is 515 g/mol. The van der Waals surface area contributed by atoms with Crippen LogP contribution in [0.2, 0.25) is 0 Å². The highest BCUT2D eigenvalue weighted by molar-refractivity contribution is 6.05. The van der Waals surface area contributed by atoms with E-state index in [0.29, 0.717) is 5.69 Å². The minimum absolute atomic E-state index is 0.0342. The van der Waals surface area contributed by atoms with E-state index in [1.165, 1.54) is 19.2 Å². The van der Waals surface area contributed by atoms with Gasteiger partial charge in [0.1, 0.15) is 0 Å². The van der Waals surface area contributed by atoms with Crippen molar-refractivity contribution in [2.75, 3.05) is 35.9 Å². The largest absolute Gasteiger partial charge is 0.418 e. The molecule has 1 aliphatic heterocycles. The van der Waals surface area contributed by atoms with E-state index in [-0.39, 0.29) is 30.1 Å². The Kier molecular flexibility index (Phi) is 7.41. The van der Waals surface area contributed by atoms with E-state index in [1.807, 2.05) is 27.1 Å². The maximum atomic E-state index is 13.6. The second-order valence-electron chi connectivity index (χ2n) is 8.55. The predicted octanol–water partition coefficient (Wildman–Crippen LogP) is 4.19. The minimum Gasteiger partial charge on any atom is -0.383 e. The number of halogens is 3. The number of hydrazine groups is 2. The number of nitrogens with zero attached hydrogens (tertiary/aromatic N) is 3. The zero-order valence-corrected chi connectivity index (χ0v) is 20.8. The quantitative estimate of drug-likeness (QED) is 0.334.